The lowest BCUT2D eigenvalue weighted by atomic mass is 10.2. The molecule has 0 unspecified atom stereocenters. The third-order valence-corrected chi connectivity index (χ3v) is 6.17. The van der Waals surface area contributed by atoms with E-state index >= 15 is 0 Å². The van der Waals surface area contributed by atoms with E-state index in [-0.39, 0.29) is 5.91 Å². The zero-order valence-electron chi connectivity index (χ0n) is 17.2. The van der Waals surface area contributed by atoms with Crippen molar-refractivity contribution in [2.45, 2.75) is 38.0 Å². The number of hydrogen-bond acceptors (Lipinski definition) is 6. The van der Waals surface area contributed by atoms with E-state index in [1.807, 2.05) is 30.6 Å². The summed E-state index contributed by atoms with van der Waals surface area (Å²) in [6, 6.07) is 9.78. The van der Waals surface area contributed by atoms with Crippen LogP contribution >= 0.6 is 0 Å². The largest absolute Gasteiger partial charge is 0.448 e. The fourth-order valence-corrected chi connectivity index (χ4v) is 4.54. The van der Waals surface area contributed by atoms with Gasteiger partial charge >= 0.3 is 0 Å². The monoisotopic (exact) mass is 408 g/mol. The Morgan fingerprint density at radius 2 is 1.67 bits per heavy atom. The van der Waals surface area contributed by atoms with Gasteiger partial charge in [-0.05, 0) is 42.7 Å². The molecule has 1 spiro atoms. The van der Waals surface area contributed by atoms with E-state index in [9.17, 15) is 4.79 Å². The van der Waals surface area contributed by atoms with Crippen molar-refractivity contribution in [3.8, 4) is 11.5 Å². The maximum Gasteiger partial charge on any atom is 0.251 e. The average molecular weight is 409 g/mol. The number of rotatable bonds is 5. The molecular weight excluding hydrogens is 380 g/mol. The van der Waals surface area contributed by atoms with Gasteiger partial charge < -0.3 is 14.8 Å². The summed E-state index contributed by atoms with van der Waals surface area (Å²) in [5.41, 5.74) is 2.03. The lowest BCUT2D eigenvalue weighted by Crippen LogP contribution is -2.48. The van der Waals surface area contributed by atoms with Crippen LogP contribution in [0.5, 0.6) is 11.5 Å². The zero-order chi connectivity index (χ0) is 20.4. The summed E-state index contributed by atoms with van der Waals surface area (Å²) in [6.45, 7) is 5.04. The fraction of sp³-hybridized carbons (Fsp3) is 0.478. The first-order valence-corrected chi connectivity index (χ1v) is 10.8. The summed E-state index contributed by atoms with van der Waals surface area (Å²) < 4.78 is 12.1. The fourth-order valence-electron chi connectivity index (χ4n) is 4.54. The maximum atomic E-state index is 12.6. The number of nitrogens with zero attached hydrogens (tertiary/aromatic N) is 3. The summed E-state index contributed by atoms with van der Waals surface area (Å²) in [7, 11) is 0. The Kier molecular flexibility index (Phi) is 5.31. The number of carbonyl (C=O) groups is 1. The van der Waals surface area contributed by atoms with Gasteiger partial charge in [-0.15, -0.1) is 0 Å². The van der Waals surface area contributed by atoms with Gasteiger partial charge in [0.1, 0.15) is 0 Å². The molecule has 5 rings (SSSR count). The topological polar surface area (TPSA) is 66.9 Å². The summed E-state index contributed by atoms with van der Waals surface area (Å²) >= 11 is 0. The molecule has 0 bridgehead atoms. The Morgan fingerprint density at radius 1 is 0.967 bits per heavy atom. The first-order chi connectivity index (χ1) is 14.7. The molecular formula is C23H28N4O3. The lowest BCUT2D eigenvalue weighted by Gasteiger charge is -2.34. The Balaban J connectivity index is 1.10. The second-order valence-corrected chi connectivity index (χ2v) is 8.44. The second-order valence-electron chi connectivity index (χ2n) is 8.44. The van der Waals surface area contributed by atoms with E-state index in [2.05, 4.69) is 32.2 Å². The van der Waals surface area contributed by atoms with Crippen LogP contribution in [0.15, 0.2) is 42.7 Å². The zero-order valence-corrected chi connectivity index (χ0v) is 17.2. The van der Waals surface area contributed by atoms with Crippen molar-refractivity contribution in [3.63, 3.8) is 0 Å². The van der Waals surface area contributed by atoms with Gasteiger partial charge in [0.15, 0.2) is 11.5 Å². The summed E-state index contributed by atoms with van der Waals surface area (Å²) in [5.74, 6) is 1.05. The smallest absolute Gasteiger partial charge is 0.251 e. The van der Waals surface area contributed by atoms with Gasteiger partial charge in [-0.2, -0.15) is 0 Å². The van der Waals surface area contributed by atoms with Gasteiger partial charge in [0, 0.05) is 69.7 Å². The number of anilines is 1. The molecule has 0 radical (unpaired) electrons. The number of nitrogens with one attached hydrogen (secondary N) is 1. The molecule has 1 saturated heterocycles. The van der Waals surface area contributed by atoms with E-state index < -0.39 is 5.79 Å². The molecule has 1 saturated carbocycles. The quantitative estimate of drug-likeness (QED) is 0.821. The molecule has 3 aliphatic rings. The third-order valence-electron chi connectivity index (χ3n) is 6.17. The molecule has 30 heavy (non-hydrogen) atoms. The molecule has 1 aliphatic carbocycles. The van der Waals surface area contributed by atoms with Crippen LogP contribution in [0.4, 0.5) is 5.69 Å². The molecule has 2 fully saturated rings. The molecule has 158 valence electrons. The summed E-state index contributed by atoms with van der Waals surface area (Å²) in [6.07, 6.45) is 7.78. The van der Waals surface area contributed by atoms with Crippen LogP contribution in [0.2, 0.25) is 0 Å². The van der Waals surface area contributed by atoms with Crippen LogP contribution < -0.4 is 14.8 Å². The highest BCUT2D eigenvalue weighted by Gasteiger charge is 2.44. The number of carbonyl (C=O) groups excluding carboxylic acids is 1. The van der Waals surface area contributed by atoms with E-state index in [0.29, 0.717) is 6.54 Å². The van der Waals surface area contributed by atoms with E-state index in [4.69, 9.17) is 9.47 Å². The van der Waals surface area contributed by atoms with Crippen molar-refractivity contribution in [2.75, 3.05) is 38.0 Å². The number of amides is 1. The van der Waals surface area contributed by atoms with Crippen molar-refractivity contribution in [1.29, 1.82) is 0 Å². The number of benzene rings is 1. The normalized spacial score (nSPS) is 20.5. The SMILES string of the molecule is O=C(CN1CCN(Cc2ccncc2)CC1)Nc1ccc2c(c1)OC1(CCCC1)O2. The molecule has 1 aromatic carbocycles. The number of fused-ring (bicyclic) bond motifs is 1. The Labute approximate surface area is 177 Å². The van der Waals surface area contributed by atoms with Gasteiger partial charge in [-0.25, -0.2) is 0 Å². The molecule has 2 aliphatic heterocycles. The van der Waals surface area contributed by atoms with Gasteiger partial charge in [0.05, 0.1) is 6.54 Å². The van der Waals surface area contributed by atoms with Crippen LogP contribution in [-0.2, 0) is 11.3 Å². The standard InChI is InChI=1S/C23H28N4O3/c28-22(17-27-13-11-26(12-14-27)16-18-5-9-24-10-6-18)25-19-3-4-20-21(15-19)30-23(29-20)7-1-2-8-23/h3-6,9-10,15H,1-2,7-8,11-14,16-17H2,(H,25,28). The molecule has 1 amide bonds. The first-order valence-electron chi connectivity index (χ1n) is 10.8. The average Bonchev–Trinajstić information content (AvgIpc) is 3.35. The highest BCUT2D eigenvalue weighted by Crippen LogP contribution is 2.47. The molecule has 3 heterocycles. The maximum absolute atomic E-state index is 12.6. The Morgan fingerprint density at radius 3 is 2.43 bits per heavy atom. The second kappa shape index (κ2) is 8.24. The highest BCUT2D eigenvalue weighted by atomic mass is 16.7. The molecule has 0 atom stereocenters. The van der Waals surface area contributed by atoms with E-state index in [1.54, 1.807) is 0 Å². The summed E-state index contributed by atoms with van der Waals surface area (Å²) in [5, 5.41) is 3.01. The van der Waals surface area contributed by atoms with E-state index in [0.717, 1.165) is 75.6 Å². The predicted octanol–water partition coefficient (Wildman–Crippen LogP) is 2.88. The Hall–Kier alpha value is -2.64. The van der Waals surface area contributed by atoms with Crippen LogP contribution in [0, 0.1) is 0 Å². The predicted molar refractivity (Wildman–Crippen MR) is 113 cm³/mol. The van der Waals surface area contributed by atoms with Crippen LogP contribution in [0.3, 0.4) is 0 Å². The van der Waals surface area contributed by atoms with Crippen LogP contribution in [0.25, 0.3) is 0 Å². The lowest BCUT2D eigenvalue weighted by molar-refractivity contribution is -0.117. The van der Waals surface area contributed by atoms with Crippen LogP contribution in [-0.4, -0.2) is 59.2 Å². The molecule has 1 N–H and O–H groups in total. The molecule has 2 aromatic rings. The minimum atomic E-state index is -0.471. The van der Waals surface area contributed by atoms with Gasteiger partial charge in [-0.1, -0.05) is 0 Å². The molecule has 7 nitrogen and oxygen atoms in total. The van der Waals surface area contributed by atoms with Gasteiger partial charge in [0.25, 0.3) is 5.79 Å². The number of pyridine rings is 1. The Bertz CT molecular complexity index is 891. The number of ether oxygens (including phenoxy) is 2. The minimum Gasteiger partial charge on any atom is -0.448 e. The summed E-state index contributed by atoms with van der Waals surface area (Å²) in [4.78, 5) is 21.3. The molecule has 1 aromatic heterocycles. The number of piperazine rings is 1. The van der Waals surface area contributed by atoms with Crippen LogP contribution in [0.1, 0.15) is 31.2 Å². The van der Waals surface area contributed by atoms with Crippen molar-refractivity contribution in [3.05, 3.63) is 48.3 Å². The van der Waals surface area contributed by atoms with E-state index in [1.165, 1.54) is 5.56 Å². The van der Waals surface area contributed by atoms with Crippen molar-refractivity contribution < 1.29 is 14.3 Å². The van der Waals surface area contributed by atoms with Gasteiger partial charge in [0.2, 0.25) is 5.91 Å². The van der Waals surface area contributed by atoms with Crippen molar-refractivity contribution in [2.24, 2.45) is 0 Å². The first kappa shape index (κ1) is 19.3. The molecule has 7 heteroatoms. The minimum absolute atomic E-state index is 0.00651. The van der Waals surface area contributed by atoms with Crippen molar-refractivity contribution >= 4 is 11.6 Å². The van der Waals surface area contributed by atoms with Crippen molar-refractivity contribution in [1.82, 2.24) is 14.8 Å². The van der Waals surface area contributed by atoms with Gasteiger partial charge in [-0.3, -0.25) is 19.6 Å². The highest BCUT2D eigenvalue weighted by molar-refractivity contribution is 5.92. The third kappa shape index (κ3) is 4.27. The number of hydrogen-bond donors (Lipinski definition) is 1. The number of aromatic nitrogens is 1.